The molecule has 29 heavy (non-hydrogen) atoms. The van der Waals surface area contributed by atoms with E-state index in [1.165, 1.54) is 4.90 Å². The fraction of sp³-hybridized carbons (Fsp3) is 0.364. The predicted molar refractivity (Wildman–Crippen MR) is 116 cm³/mol. The number of hydrogen-bond donors (Lipinski definition) is 3. The normalized spacial score (nSPS) is 15.0. The van der Waals surface area contributed by atoms with Crippen molar-refractivity contribution in [2.45, 2.75) is 26.2 Å². The molecule has 0 spiro atoms. The number of para-hydroxylation sites is 1. The molecule has 7 heteroatoms. The summed E-state index contributed by atoms with van der Waals surface area (Å²) in [4.78, 5) is 27.0. The van der Waals surface area contributed by atoms with Gasteiger partial charge in [0.05, 0.1) is 0 Å². The molecular formula is C22H28N4O3. The zero-order valence-corrected chi connectivity index (χ0v) is 16.9. The fourth-order valence-electron chi connectivity index (χ4n) is 3.46. The summed E-state index contributed by atoms with van der Waals surface area (Å²) < 4.78 is 0. The Labute approximate surface area is 171 Å². The maximum Gasteiger partial charge on any atom is 0.407 e. The van der Waals surface area contributed by atoms with Crippen LogP contribution in [-0.2, 0) is 0 Å². The number of amides is 3. The summed E-state index contributed by atoms with van der Waals surface area (Å²) in [6.07, 6.45) is 0.132. The van der Waals surface area contributed by atoms with Gasteiger partial charge in [-0.3, -0.25) is 0 Å². The Hall–Kier alpha value is -3.22. The van der Waals surface area contributed by atoms with Crippen molar-refractivity contribution < 1.29 is 14.7 Å². The molecule has 0 bridgehead atoms. The summed E-state index contributed by atoms with van der Waals surface area (Å²) in [6, 6.07) is 15.2. The van der Waals surface area contributed by atoms with Gasteiger partial charge in [0.25, 0.3) is 0 Å². The lowest BCUT2D eigenvalue weighted by Crippen LogP contribution is -2.48. The minimum Gasteiger partial charge on any atom is -0.465 e. The van der Waals surface area contributed by atoms with E-state index in [1.807, 2.05) is 48.5 Å². The third kappa shape index (κ3) is 5.19. The first kappa shape index (κ1) is 20.5. The van der Waals surface area contributed by atoms with E-state index in [-0.39, 0.29) is 6.03 Å². The van der Waals surface area contributed by atoms with Crippen LogP contribution >= 0.6 is 0 Å². The highest BCUT2D eigenvalue weighted by atomic mass is 16.4. The van der Waals surface area contributed by atoms with E-state index in [9.17, 15) is 9.59 Å². The first-order chi connectivity index (χ1) is 14.0. The van der Waals surface area contributed by atoms with E-state index in [0.717, 1.165) is 23.4 Å². The second kappa shape index (κ2) is 9.32. The van der Waals surface area contributed by atoms with Gasteiger partial charge < -0.3 is 25.5 Å². The van der Waals surface area contributed by atoms with Crippen LogP contribution in [0.2, 0.25) is 0 Å². The number of benzene rings is 2. The molecule has 1 aliphatic rings. The molecule has 1 saturated heterocycles. The number of carbonyl (C=O) groups is 2. The Morgan fingerprint density at radius 1 is 1.00 bits per heavy atom. The summed E-state index contributed by atoms with van der Waals surface area (Å²) in [5.74, 6) is 0.368. The van der Waals surface area contributed by atoms with E-state index in [1.54, 1.807) is 0 Å². The van der Waals surface area contributed by atoms with Gasteiger partial charge in [-0.15, -0.1) is 0 Å². The molecule has 3 rings (SSSR count). The Morgan fingerprint density at radius 3 is 2.28 bits per heavy atom. The monoisotopic (exact) mass is 396 g/mol. The van der Waals surface area contributed by atoms with E-state index < -0.39 is 6.09 Å². The van der Waals surface area contributed by atoms with Crippen molar-refractivity contribution in [2.75, 3.05) is 41.7 Å². The molecule has 0 aromatic heterocycles. The number of nitrogens with zero attached hydrogens (tertiary/aromatic N) is 2. The molecule has 3 amide bonds. The third-order valence-corrected chi connectivity index (χ3v) is 5.39. The summed E-state index contributed by atoms with van der Waals surface area (Å²) in [7, 11) is 0. The zero-order chi connectivity index (χ0) is 20.8. The number of urea groups is 1. The highest BCUT2D eigenvalue weighted by Crippen LogP contribution is 2.27. The maximum absolute atomic E-state index is 12.4. The lowest BCUT2D eigenvalue weighted by atomic mass is 9.97. The van der Waals surface area contributed by atoms with Crippen molar-refractivity contribution in [1.29, 1.82) is 0 Å². The minimum atomic E-state index is -0.870. The molecular weight excluding hydrogens is 368 g/mol. The quantitative estimate of drug-likeness (QED) is 0.687. The molecule has 0 saturated carbocycles. The molecule has 3 N–H and O–H groups in total. The third-order valence-electron chi connectivity index (χ3n) is 5.39. The van der Waals surface area contributed by atoms with E-state index >= 15 is 0 Å². The van der Waals surface area contributed by atoms with Crippen molar-refractivity contribution in [1.82, 2.24) is 4.90 Å². The lowest BCUT2D eigenvalue weighted by molar-refractivity contribution is 0.142. The number of carboxylic acid groups (broad SMARTS) is 1. The van der Waals surface area contributed by atoms with E-state index in [4.69, 9.17) is 5.11 Å². The largest absolute Gasteiger partial charge is 0.465 e. The van der Waals surface area contributed by atoms with Gasteiger partial charge in [0.15, 0.2) is 0 Å². The Kier molecular flexibility index (Phi) is 6.59. The standard InChI is InChI=1S/C22H28N4O3/c1-3-16(2)19-6-4-5-7-20(19)24-21(27)23-17-8-10-18(11-9-17)25-12-14-26(15-13-25)22(28)29/h4-11,16H,3,12-15H2,1-2H3,(H,28,29)(H2,23,24,27). The predicted octanol–water partition coefficient (Wildman–Crippen LogP) is 4.64. The molecule has 1 heterocycles. The smallest absolute Gasteiger partial charge is 0.407 e. The summed E-state index contributed by atoms with van der Waals surface area (Å²) in [5.41, 5.74) is 3.67. The number of anilines is 3. The second-order valence-corrected chi connectivity index (χ2v) is 7.28. The SMILES string of the molecule is CCC(C)c1ccccc1NC(=O)Nc1ccc(N2CCN(C(=O)O)CC2)cc1. The van der Waals surface area contributed by atoms with E-state index in [2.05, 4.69) is 29.4 Å². The first-order valence-electron chi connectivity index (χ1n) is 9.97. The molecule has 2 aromatic rings. The van der Waals surface area contributed by atoms with Crippen molar-refractivity contribution >= 4 is 29.2 Å². The van der Waals surface area contributed by atoms with Crippen LogP contribution in [0.15, 0.2) is 48.5 Å². The Morgan fingerprint density at radius 2 is 1.66 bits per heavy atom. The molecule has 2 aromatic carbocycles. The van der Waals surface area contributed by atoms with Crippen molar-refractivity contribution in [3.63, 3.8) is 0 Å². The number of nitrogens with one attached hydrogen (secondary N) is 2. The zero-order valence-electron chi connectivity index (χ0n) is 16.9. The van der Waals surface area contributed by atoms with Gasteiger partial charge in [0, 0.05) is 43.2 Å². The molecule has 1 unspecified atom stereocenters. The molecule has 1 aliphatic heterocycles. The van der Waals surface area contributed by atoms with Crippen molar-refractivity contribution in [2.24, 2.45) is 0 Å². The van der Waals surface area contributed by atoms with E-state index in [0.29, 0.717) is 37.8 Å². The van der Waals surface area contributed by atoms with Crippen LogP contribution in [0.5, 0.6) is 0 Å². The van der Waals surface area contributed by atoms with Crippen LogP contribution in [0.4, 0.5) is 26.7 Å². The average molecular weight is 396 g/mol. The Balaban J connectivity index is 1.58. The number of carbonyl (C=O) groups excluding carboxylic acids is 1. The lowest BCUT2D eigenvalue weighted by Gasteiger charge is -2.34. The average Bonchev–Trinajstić information content (AvgIpc) is 2.74. The number of hydrogen-bond acceptors (Lipinski definition) is 3. The van der Waals surface area contributed by atoms with Crippen molar-refractivity contribution in [3.8, 4) is 0 Å². The van der Waals surface area contributed by atoms with Gasteiger partial charge >= 0.3 is 12.1 Å². The van der Waals surface area contributed by atoms with Crippen LogP contribution in [0, 0.1) is 0 Å². The minimum absolute atomic E-state index is 0.274. The fourth-order valence-corrected chi connectivity index (χ4v) is 3.46. The topological polar surface area (TPSA) is 84.9 Å². The summed E-state index contributed by atoms with van der Waals surface area (Å²) in [6.45, 7) is 6.58. The van der Waals surface area contributed by atoms with Gasteiger partial charge in [-0.1, -0.05) is 32.0 Å². The number of piperazine rings is 1. The molecule has 1 fully saturated rings. The molecule has 7 nitrogen and oxygen atoms in total. The van der Waals surface area contributed by atoms with Gasteiger partial charge in [-0.25, -0.2) is 9.59 Å². The first-order valence-corrected chi connectivity index (χ1v) is 9.97. The summed E-state index contributed by atoms with van der Waals surface area (Å²) in [5, 5.41) is 14.9. The van der Waals surface area contributed by atoms with Crippen molar-refractivity contribution in [3.05, 3.63) is 54.1 Å². The summed E-state index contributed by atoms with van der Waals surface area (Å²) >= 11 is 0. The maximum atomic E-state index is 12.4. The Bertz CT molecular complexity index is 845. The molecule has 0 radical (unpaired) electrons. The van der Waals surface area contributed by atoms with Crippen LogP contribution in [0.1, 0.15) is 31.7 Å². The van der Waals surface area contributed by atoms with Crippen LogP contribution < -0.4 is 15.5 Å². The van der Waals surface area contributed by atoms with Crippen LogP contribution in [0.25, 0.3) is 0 Å². The van der Waals surface area contributed by atoms with Crippen LogP contribution in [0.3, 0.4) is 0 Å². The van der Waals surface area contributed by atoms with Crippen LogP contribution in [-0.4, -0.2) is 48.3 Å². The van der Waals surface area contributed by atoms with Gasteiger partial charge in [-0.2, -0.15) is 0 Å². The van der Waals surface area contributed by atoms with Gasteiger partial charge in [0.2, 0.25) is 0 Å². The second-order valence-electron chi connectivity index (χ2n) is 7.28. The highest BCUT2D eigenvalue weighted by molar-refractivity contribution is 6.00. The highest BCUT2D eigenvalue weighted by Gasteiger charge is 2.20. The molecule has 1 atom stereocenters. The molecule has 154 valence electrons. The molecule has 0 aliphatic carbocycles. The number of rotatable bonds is 5. The van der Waals surface area contributed by atoms with Gasteiger partial charge in [-0.05, 0) is 48.2 Å². The van der Waals surface area contributed by atoms with Gasteiger partial charge in [0.1, 0.15) is 0 Å².